The number of anilines is 1. The fourth-order valence-corrected chi connectivity index (χ4v) is 1.08. The van der Waals surface area contributed by atoms with Gasteiger partial charge in [0.05, 0.1) is 11.8 Å². The zero-order chi connectivity index (χ0) is 10.8. The Bertz CT molecular complexity index is 505. The van der Waals surface area contributed by atoms with Crippen molar-refractivity contribution < 1.29 is 4.79 Å². The summed E-state index contributed by atoms with van der Waals surface area (Å²) in [5.74, 6) is 0.0466. The van der Waals surface area contributed by atoms with Crippen LogP contribution in [-0.4, -0.2) is 25.7 Å². The van der Waals surface area contributed by atoms with Crippen molar-refractivity contribution >= 4 is 11.7 Å². The Labute approximate surface area is 84.7 Å². The lowest BCUT2D eigenvalue weighted by atomic mass is 10.3. The van der Waals surface area contributed by atoms with Crippen molar-refractivity contribution in [3.63, 3.8) is 0 Å². The van der Waals surface area contributed by atoms with Crippen LogP contribution in [0.1, 0.15) is 10.4 Å². The van der Waals surface area contributed by atoms with Crippen molar-refractivity contribution in [1.29, 1.82) is 0 Å². The molecular formula is C8H8N6O. The topological polar surface area (TPSA) is 113 Å². The number of carbonyl (C=O) groups is 1. The summed E-state index contributed by atoms with van der Waals surface area (Å²) in [6.45, 7) is 0. The maximum absolute atomic E-state index is 10.8. The Morgan fingerprint density at radius 3 is 2.67 bits per heavy atom. The number of primary amides is 1. The average Bonchev–Trinajstić information content (AvgIpc) is 2.67. The van der Waals surface area contributed by atoms with Crippen LogP contribution in [0.2, 0.25) is 0 Å². The monoisotopic (exact) mass is 204 g/mol. The van der Waals surface area contributed by atoms with Crippen LogP contribution in [-0.2, 0) is 0 Å². The minimum absolute atomic E-state index is 0.233. The van der Waals surface area contributed by atoms with Crippen LogP contribution in [0.4, 0.5) is 5.82 Å². The summed E-state index contributed by atoms with van der Waals surface area (Å²) in [7, 11) is 0. The van der Waals surface area contributed by atoms with Gasteiger partial charge >= 0.3 is 0 Å². The molecule has 1 amide bonds. The van der Waals surface area contributed by atoms with E-state index in [1.807, 2.05) is 0 Å². The SMILES string of the molecule is NC(=O)c1cnn(-c2nccnc2N)c1. The van der Waals surface area contributed by atoms with Gasteiger partial charge in [-0.05, 0) is 0 Å². The number of amides is 1. The summed E-state index contributed by atoms with van der Waals surface area (Å²) in [6.07, 6.45) is 5.74. The number of rotatable bonds is 2. The van der Waals surface area contributed by atoms with Crippen LogP contribution in [0.3, 0.4) is 0 Å². The second kappa shape index (κ2) is 3.37. The van der Waals surface area contributed by atoms with E-state index >= 15 is 0 Å². The summed E-state index contributed by atoms with van der Waals surface area (Å²) in [6, 6.07) is 0. The Morgan fingerprint density at radius 2 is 2.07 bits per heavy atom. The van der Waals surface area contributed by atoms with Gasteiger partial charge in [-0.15, -0.1) is 0 Å². The van der Waals surface area contributed by atoms with Crippen LogP contribution in [0, 0.1) is 0 Å². The first-order valence-electron chi connectivity index (χ1n) is 4.10. The number of nitrogens with zero attached hydrogens (tertiary/aromatic N) is 4. The van der Waals surface area contributed by atoms with Gasteiger partial charge in [-0.3, -0.25) is 4.79 Å². The predicted octanol–water partition coefficient (Wildman–Crippen LogP) is -0.657. The van der Waals surface area contributed by atoms with Crippen molar-refractivity contribution in [2.75, 3.05) is 5.73 Å². The van der Waals surface area contributed by atoms with Gasteiger partial charge in [-0.2, -0.15) is 5.10 Å². The molecule has 0 aromatic carbocycles. The van der Waals surface area contributed by atoms with E-state index < -0.39 is 5.91 Å². The predicted molar refractivity (Wildman–Crippen MR) is 52.1 cm³/mol. The largest absolute Gasteiger partial charge is 0.381 e. The quantitative estimate of drug-likeness (QED) is 0.674. The normalized spacial score (nSPS) is 10.1. The van der Waals surface area contributed by atoms with Crippen LogP contribution < -0.4 is 11.5 Å². The molecule has 2 aromatic rings. The Kier molecular flexibility index (Phi) is 2.05. The Hall–Kier alpha value is -2.44. The average molecular weight is 204 g/mol. The second-order valence-electron chi connectivity index (χ2n) is 2.80. The van der Waals surface area contributed by atoms with Gasteiger partial charge in [0.2, 0.25) is 0 Å². The minimum atomic E-state index is -0.552. The molecule has 0 atom stereocenters. The maximum Gasteiger partial charge on any atom is 0.251 e. The van der Waals surface area contributed by atoms with Crippen LogP contribution in [0.5, 0.6) is 0 Å². The lowest BCUT2D eigenvalue weighted by molar-refractivity contribution is 0.100. The van der Waals surface area contributed by atoms with Gasteiger partial charge < -0.3 is 11.5 Å². The van der Waals surface area contributed by atoms with E-state index in [0.717, 1.165) is 0 Å². The number of hydrogen-bond donors (Lipinski definition) is 2. The van der Waals surface area contributed by atoms with E-state index in [1.54, 1.807) is 0 Å². The molecular weight excluding hydrogens is 196 g/mol. The summed E-state index contributed by atoms with van der Waals surface area (Å²) in [4.78, 5) is 18.7. The molecule has 0 aliphatic rings. The number of nitrogen functional groups attached to an aromatic ring is 1. The molecule has 0 unspecified atom stereocenters. The second-order valence-corrected chi connectivity index (χ2v) is 2.80. The third kappa shape index (κ3) is 1.62. The third-order valence-electron chi connectivity index (χ3n) is 1.79. The summed E-state index contributed by atoms with van der Waals surface area (Å²) < 4.78 is 1.35. The highest BCUT2D eigenvalue weighted by Gasteiger charge is 2.08. The molecule has 0 saturated carbocycles. The zero-order valence-electron chi connectivity index (χ0n) is 7.66. The van der Waals surface area contributed by atoms with Gasteiger partial charge in [0, 0.05) is 18.6 Å². The molecule has 2 aromatic heterocycles. The first kappa shape index (κ1) is 9.13. The molecule has 7 heteroatoms. The van der Waals surface area contributed by atoms with E-state index in [9.17, 15) is 4.79 Å². The Morgan fingerprint density at radius 1 is 1.33 bits per heavy atom. The lowest BCUT2D eigenvalue weighted by Gasteiger charge is -2.01. The molecule has 0 aliphatic carbocycles. The van der Waals surface area contributed by atoms with Crippen molar-refractivity contribution in [2.24, 2.45) is 5.73 Å². The summed E-state index contributed by atoms with van der Waals surface area (Å²) >= 11 is 0. The van der Waals surface area contributed by atoms with E-state index in [0.29, 0.717) is 11.4 Å². The molecule has 2 heterocycles. The highest BCUT2D eigenvalue weighted by atomic mass is 16.1. The molecule has 2 rings (SSSR count). The smallest absolute Gasteiger partial charge is 0.251 e. The summed E-state index contributed by atoms with van der Waals surface area (Å²) in [5.41, 5.74) is 11.0. The number of carbonyl (C=O) groups excluding carboxylic acids is 1. The molecule has 0 fully saturated rings. The van der Waals surface area contributed by atoms with Crippen LogP contribution in [0.25, 0.3) is 5.82 Å². The highest BCUT2D eigenvalue weighted by molar-refractivity contribution is 5.92. The first-order valence-corrected chi connectivity index (χ1v) is 4.10. The standard InChI is InChI=1S/C8H8N6O/c9-6-8(12-2-1-11-6)14-4-5(3-13-14)7(10)15/h1-4H,(H2,9,11)(H2,10,15). The number of aromatic nitrogens is 4. The van der Waals surface area contributed by atoms with Gasteiger partial charge in [0.25, 0.3) is 5.91 Å². The fraction of sp³-hybridized carbons (Fsp3) is 0. The van der Waals surface area contributed by atoms with E-state index in [4.69, 9.17) is 11.5 Å². The molecule has 0 spiro atoms. The van der Waals surface area contributed by atoms with Gasteiger partial charge in [-0.25, -0.2) is 14.6 Å². The van der Waals surface area contributed by atoms with E-state index in [2.05, 4.69) is 15.1 Å². The van der Waals surface area contributed by atoms with Crippen LogP contribution in [0.15, 0.2) is 24.8 Å². The van der Waals surface area contributed by atoms with Crippen molar-refractivity contribution in [3.05, 3.63) is 30.4 Å². The molecule has 0 radical (unpaired) electrons. The minimum Gasteiger partial charge on any atom is -0.381 e. The van der Waals surface area contributed by atoms with Gasteiger partial charge in [0.15, 0.2) is 11.6 Å². The van der Waals surface area contributed by atoms with E-state index in [-0.39, 0.29) is 5.82 Å². The summed E-state index contributed by atoms with van der Waals surface area (Å²) in [5, 5.41) is 3.90. The first-order chi connectivity index (χ1) is 7.18. The molecule has 0 bridgehead atoms. The lowest BCUT2D eigenvalue weighted by Crippen LogP contribution is -2.10. The zero-order valence-corrected chi connectivity index (χ0v) is 7.66. The van der Waals surface area contributed by atoms with Gasteiger partial charge in [-0.1, -0.05) is 0 Å². The molecule has 4 N–H and O–H groups in total. The Balaban J connectivity index is 2.46. The van der Waals surface area contributed by atoms with Crippen LogP contribution >= 0.6 is 0 Å². The molecule has 15 heavy (non-hydrogen) atoms. The van der Waals surface area contributed by atoms with Crippen molar-refractivity contribution in [3.8, 4) is 5.82 Å². The highest BCUT2D eigenvalue weighted by Crippen LogP contribution is 2.09. The van der Waals surface area contributed by atoms with Gasteiger partial charge in [0.1, 0.15) is 0 Å². The number of hydrogen-bond acceptors (Lipinski definition) is 5. The number of nitrogens with two attached hydrogens (primary N) is 2. The molecule has 0 saturated heterocycles. The molecule has 0 aliphatic heterocycles. The van der Waals surface area contributed by atoms with Crippen molar-refractivity contribution in [1.82, 2.24) is 19.7 Å². The third-order valence-corrected chi connectivity index (χ3v) is 1.79. The maximum atomic E-state index is 10.8. The molecule has 7 nitrogen and oxygen atoms in total. The van der Waals surface area contributed by atoms with E-state index in [1.165, 1.54) is 29.5 Å². The fourth-order valence-electron chi connectivity index (χ4n) is 1.08. The molecule has 76 valence electrons. The van der Waals surface area contributed by atoms with Crippen molar-refractivity contribution in [2.45, 2.75) is 0 Å².